The fourth-order valence-corrected chi connectivity index (χ4v) is 2.75. The average Bonchev–Trinajstić information content (AvgIpc) is 2.50. The molecule has 1 atom stereocenters. The summed E-state index contributed by atoms with van der Waals surface area (Å²) in [6.07, 6.45) is 7.76. The number of aliphatic imine (C=N–C) groups is 1. The zero-order valence-corrected chi connectivity index (χ0v) is 6.70. The van der Waals surface area contributed by atoms with Crippen LogP contribution in [-0.2, 0) is 0 Å². The molecule has 0 amide bonds. The zero-order chi connectivity index (χ0) is 7.76. The highest BCUT2D eigenvalue weighted by atomic mass is 15.7. The Labute approximate surface area is 70.6 Å². The molecule has 3 heteroatoms. The molecule has 0 radical (unpaired) electrons. The van der Waals surface area contributed by atoms with E-state index >= 15 is 0 Å². The quantitative estimate of drug-likeness (QED) is 0.519. The number of nitrogens with zero attached hydrogens (tertiary/aromatic N) is 3. The molecule has 1 unspecified atom stereocenters. The van der Waals surface area contributed by atoms with Gasteiger partial charge in [-0.25, -0.2) is 0 Å². The third-order valence-corrected chi connectivity index (χ3v) is 3.34. The van der Waals surface area contributed by atoms with E-state index in [4.69, 9.17) is 0 Å². The molecule has 0 N–H and O–H groups in total. The van der Waals surface area contributed by atoms with Crippen molar-refractivity contribution in [2.24, 2.45) is 10.4 Å². The first-order valence-corrected chi connectivity index (χ1v) is 4.38. The Bertz CT molecular complexity index is 366. The summed E-state index contributed by atoms with van der Waals surface area (Å²) < 4.78 is 0. The second kappa shape index (κ2) is 1.32. The highest BCUT2D eigenvalue weighted by molar-refractivity contribution is 5.68. The van der Waals surface area contributed by atoms with Crippen LogP contribution in [0.2, 0.25) is 0 Å². The van der Waals surface area contributed by atoms with E-state index in [1.165, 1.54) is 6.42 Å². The number of hydrogen-bond acceptors (Lipinski definition) is 3. The maximum Gasteiger partial charge on any atom is 0.131 e. The van der Waals surface area contributed by atoms with Gasteiger partial charge in [0.1, 0.15) is 13.0 Å². The minimum absolute atomic E-state index is 0.451. The summed E-state index contributed by atoms with van der Waals surface area (Å²) in [4.78, 5) is 4.24. The van der Waals surface area contributed by atoms with Crippen molar-refractivity contribution in [3.05, 3.63) is 23.4 Å². The molecular formula is C9H9N3. The summed E-state index contributed by atoms with van der Waals surface area (Å²) in [6, 6.07) is 0. The lowest BCUT2D eigenvalue weighted by molar-refractivity contribution is 0.165. The van der Waals surface area contributed by atoms with Gasteiger partial charge in [-0.1, -0.05) is 12.2 Å². The standard InChI is InChI=1S/C9H9N3/c1-2-7-8-9(7,3-1)4-11-5-10-6-12(8)11/h1-2,5H,3-4,6H2. The van der Waals surface area contributed by atoms with Gasteiger partial charge in [0.2, 0.25) is 0 Å². The summed E-state index contributed by atoms with van der Waals surface area (Å²) in [5.41, 5.74) is 3.57. The van der Waals surface area contributed by atoms with Crippen LogP contribution in [0, 0.1) is 5.41 Å². The van der Waals surface area contributed by atoms with E-state index in [1.807, 2.05) is 6.34 Å². The van der Waals surface area contributed by atoms with Gasteiger partial charge < -0.3 is 0 Å². The lowest BCUT2D eigenvalue weighted by Crippen LogP contribution is -2.30. The minimum Gasteiger partial charge on any atom is -0.272 e. The average molecular weight is 159 g/mol. The molecule has 4 rings (SSSR count). The van der Waals surface area contributed by atoms with Gasteiger partial charge in [-0.3, -0.25) is 15.0 Å². The maximum atomic E-state index is 4.24. The molecule has 3 nitrogen and oxygen atoms in total. The van der Waals surface area contributed by atoms with E-state index in [-0.39, 0.29) is 0 Å². The SMILES string of the molecule is C1=CC2=C3N4CN=CN4CC23C1. The largest absolute Gasteiger partial charge is 0.272 e. The fourth-order valence-electron chi connectivity index (χ4n) is 2.75. The molecule has 1 saturated heterocycles. The molecule has 4 aliphatic rings. The Balaban J connectivity index is 1.86. The Morgan fingerprint density at radius 2 is 2.50 bits per heavy atom. The molecule has 0 bridgehead atoms. The number of allylic oxidation sites excluding steroid dienone is 2. The molecule has 0 aromatic carbocycles. The van der Waals surface area contributed by atoms with Crippen LogP contribution in [0.5, 0.6) is 0 Å². The highest BCUT2D eigenvalue weighted by Crippen LogP contribution is 2.65. The van der Waals surface area contributed by atoms with Crippen molar-refractivity contribution in [2.75, 3.05) is 13.2 Å². The molecule has 1 fully saturated rings. The Hall–Kier alpha value is -1.25. The minimum atomic E-state index is 0.451. The van der Waals surface area contributed by atoms with E-state index in [2.05, 4.69) is 27.2 Å². The Morgan fingerprint density at radius 3 is 3.50 bits per heavy atom. The van der Waals surface area contributed by atoms with Crippen molar-refractivity contribution >= 4 is 6.34 Å². The predicted molar refractivity (Wildman–Crippen MR) is 45.1 cm³/mol. The van der Waals surface area contributed by atoms with Crippen molar-refractivity contribution in [3.63, 3.8) is 0 Å². The summed E-state index contributed by atoms with van der Waals surface area (Å²) in [6.45, 7) is 1.97. The van der Waals surface area contributed by atoms with Crippen molar-refractivity contribution < 1.29 is 0 Å². The van der Waals surface area contributed by atoms with Crippen LogP contribution in [0.1, 0.15) is 6.42 Å². The van der Waals surface area contributed by atoms with E-state index in [0.717, 1.165) is 13.2 Å². The van der Waals surface area contributed by atoms with Gasteiger partial charge in [-0.15, -0.1) is 0 Å². The molecule has 2 aliphatic heterocycles. The van der Waals surface area contributed by atoms with Crippen molar-refractivity contribution in [1.29, 1.82) is 0 Å². The second-order valence-electron chi connectivity index (χ2n) is 3.89. The summed E-state index contributed by atoms with van der Waals surface area (Å²) in [5.74, 6) is 0. The number of hydrazine groups is 1. The topological polar surface area (TPSA) is 18.8 Å². The first-order chi connectivity index (χ1) is 5.92. The first kappa shape index (κ1) is 5.41. The molecule has 2 heterocycles. The van der Waals surface area contributed by atoms with Gasteiger partial charge in [0, 0.05) is 0 Å². The normalized spacial score (nSPS) is 39.3. The summed E-state index contributed by atoms with van der Waals surface area (Å²) in [5, 5.41) is 4.55. The van der Waals surface area contributed by atoms with Crippen LogP contribution >= 0.6 is 0 Å². The third-order valence-electron chi connectivity index (χ3n) is 3.34. The molecule has 0 aromatic rings. The van der Waals surface area contributed by atoms with Crippen LogP contribution in [-0.4, -0.2) is 29.6 Å². The van der Waals surface area contributed by atoms with Gasteiger partial charge in [-0.05, 0) is 12.0 Å². The van der Waals surface area contributed by atoms with Crippen LogP contribution in [0.15, 0.2) is 28.4 Å². The molecule has 0 saturated carbocycles. The first-order valence-electron chi connectivity index (χ1n) is 4.38. The van der Waals surface area contributed by atoms with Crippen molar-refractivity contribution in [1.82, 2.24) is 10.0 Å². The smallest absolute Gasteiger partial charge is 0.131 e. The van der Waals surface area contributed by atoms with Crippen molar-refractivity contribution in [3.8, 4) is 0 Å². The van der Waals surface area contributed by atoms with Crippen molar-refractivity contribution in [2.45, 2.75) is 6.42 Å². The zero-order valence-electron chi connectivity index (χ0n) is 6.70. The predicted octanol–water partition coefficient (Wildman–Crippen LogP) is 0.732. The molecule has 1 spiro atoms. The van der Waals surface area contributed by atoms with Crippen LogP contribution < -0.4 is 0 Å². The van der Waals surface area contributed by atoms with Gasteiger partial charge in [0.05, 0.1) is 17.7 Å². The number of fused-ring (bicyclic) bond motifs is 2. The fraction of sp³-hybridized carbons (Fsp3) is 0.444. The van der Waals surface area contributed by atoms with E-state index in [0.29, 0.717) is 5.41 Å². The van der Waals surface area contributed by atoms with Gasteiger partial charge in [0.15, 0.2) is 0 Å². The monoisotopic (exact) mass is 159 g/mol. The van der Waals surface area contributed by atoms with Gasteiger partial charge in [-0.2, -0.15) is 0 Å². The van der Waals surface area contributed by atoms with Crippen LogP contribution in [0.3, 0.4) is 0 Å². The maximum absolute atomic E-state index is 4.24. The lowest BCUT2D eigenvalue weighted by atomic mass is 10.0. The van der Waals surface area contributed by atoms with E-state index in [1.54, 1.807) is 11.3 Å². The molecule has 60 valence electrons. The number of hydrogen-bond donors (Lipinski definition) is 0. The number of rotatable bonds is 0. The summed E-state index contributed by atoms with van der Waals surface area (Å²) in [7, 11) is 0. The molecule has 12 heavy (non-hydrogen) atoms. The van der Waals surface area contributed by atoms with Crippen LogP contribution in [0.25, 0.3) is 0 Å². The lowest BCUT2D eigenvalue weighted by Gasteiger charge is -2.20. The molecule has 0 aromatic heterocycles. The highest BCUT2D eigenvalue weighted by Gasteiger charge is 2.63. The molecular weight excluding hydrogens is 150 g/mol. The van der Waals surface area contributed by atoms with Gasteiger partial charge >= 0.3 is 0 Å². The Morgan fingerprint density at radius 1 is 1.50 bits per heavy atom. The Kier molecular flexibility index (Phi) is 0.596. The van der Waals surface area contributed by atoms with Gasteiger partial charge in [0.25, 0.3) is 0 Å². The van der Waals surface area contributed by atoms with Crippen LogP contribution in [0.4, 0.5) is 0 Å². The van der Waals surface area contributed by atoms with E-state index < -0.39 is 0 Å². The second-order valence-corrected chi connectivity index (χ2v) is 3.89. The summed E-state index contributed by atoms with van der Waals surface area (Å²) >= 11 is 0. The third kappa shape index (κ3) is 0.350. The molecule has 2 aliphatic carbocycles. The van der Waals surface area contributed by atoms with E-state index in [9.17, 15) is 0 Å².